The average molecular weight is 288 g/mol. The van der Waals surface area contributed by atoms with Crippen LogP contribution in [-0.2, 0) is 9.53 Å². The summed E-state index contributed by atoms with van der Waals surface area (Å²) in [5.74, 6) is 1.24. The zero-order valence-electron chi connectivity index (χ0n) is 12.5. The van der Waals surface area contributed by atoms with Crippen molar-refractivity contribution in [3.8, 4) is 5.75 Å². The van der Waals surface area contributed by atoms with Crippen LogP contribution < -0.4 is 16.2 Å². The van der Waals surface area contributed by atoms with Crippen LogP contribution in [0.25, 0.3) is 0 Å². The Labute approximate surface area is 124 Å². The van der Waals surface area contributed by atoms with E-state index >= 15 is 0 Å². The lowest BCUT2D eigenvalue weighted by atomic mass is 9.81. The summed E-state index contributed by atoms with van der Waals surface area (Å²) in [5.41, 5.74) is 14.0. The predicted molar refractivity (Wildman–Crippen MR) is 80.5 cm³/mol. The largest absolute Gasteiger partial charge is 0.497 e. The maximum absolute atomic E-state index is 12.0. The second kappa shape index (κ2) is 6.01. The lowest BCUT2D eigenvalue weighted by Gasteiger charge is -2.29. The number of carbonyl (C=O) groups is 1. The molecule has 1 aromatic carbocycles. The molecule has 0 bridgehead atoms. The zero-order chi connectivity index (χ0) is 15.6. The van der Waals surface area contributed by atoms with Crippen molar-refractivity contribution in [3.63, 3.8) is 0 Å². The summed E-state index contributed by atoms with van der Waals surface area (Å²) < 4.78 is 10.6. The number of hydrogen-bond donors (Lipinski definition) is 2. The summed E-state index contributed by atoms with van der Waals surface area (Å²) in [6, 6.07) is 7.52. The van der Waals surface area contributed by atoms with Crippen molar-refractivity contribution in [2.45, 2.75) is 19.8 Å². The highest BCUT2D eigenvalue weighted by Crippen LogP contribution is 2.39. The minimum atomic E-state index is -0.271. The number of Topliss-reactive ketones (excluding diaryl/α,β-unsaturated/α-hetero) is 1. The highest BCUT2D eigenvalue weighted by molar-refractivity contribution is 5.96. The molecule has 4 N–H and O–H groups in total. The highest BCUT2D eigenvalue weighted by atomic mass is 16.5. The van der Waals surface area contributed by atoms with E-state index in [0.29, 0.717) is 11.3 Å². The third-order valence-corrected chi connectivity index (χ3v) is 3.64. The van der Waals surface area contributed by atoms with Crippen molar-refractivity contribution in [1.29, 1.82) is 0 Å². The van der Waals surface area contributed by atoms with Crippen molar-refractivity contribution in [2.24, 2.45) is 11.5 Å². The average Bonchev–Trinajstić information content (AvgIpc) is 2.46. The molecule has 0 saturated carbocycles. The van der Waals surface area contributed by atoms with E-state index in [2.05, 4.69) is 0 Å². The first-order valence-corrected chi connectivity index (χ1v) is 6.71. The van der Waals surface area contributed by atoms with Crippen molar-refractivity contribution >= 4 is 5.78 Å². The molecule has 112 valence electrons. The molecule has 0 saturated heterocycles. The molecule has 0 amide bonds. The summed E-state index contributed by atoms with van der Waals surface area (Å²) >= 11 is 0. The van der Waals surface area contributed by atoms with Crippen molar-refractivity contribution < 1.29 is 14.3 Å². The van der Waals surface area contributed by atoms with Crippen LogP contribution in [-0.4, -0.2) is 19.4 Å². The lowest BCUT2D eigenvalue weighted by molar-refractivity contribution is -0.114. The number of ether oxygens (including phenoxy) is 2. The molecule has 1 aromatic rings. The van der Waals surface area contributed by atoms with Crippen LogP contribution in [0.2, 0.25) is 0 Å². The molecule has 0 radical (unpaired) electrons. The smallest absolute Gasteiger partial charge is 0.191 e. The lowest BCUT2D eigenvalue weighted by Crippen LogP contribution is -2.27. The van der Waals surface area contributed by atoms with E-state index in [-0.39, 0.29) is 24.1 Å². The molecule has 1 aliphatic heterocycles. The Kier molecular flexibility index (Phi) is 4.33. The number of benzene rings is 1. The van der Waals surface area contributed by atoms with Gasteiger partial charge in [0.1, 0.15) is 11.5 Å². The molecular formula is C16H20N2O3. The third kappa shape index (κ3) is 2.78. The van der Waals surface area contributed by atoms with Gasteiger partial charge in [-0.3, -0.25) is 4.79 Å². The molecule has 1 atom stereocenters. The van der Waals surface area contributed by atoms with Gasteiger partial charge in [0, 0.05) is 23.6 Å². The molecule has 1 heterocycles. The minimum Gasteiger partial charge on any atom is -0.497 e. The molecule has 1 unspecified atom stereocenters. The Morgan fingerprint density at radius 3 is 2.43 bits per heavy atom. The number of allylic oxidation sites excluding steroid dienone is 2. The molecule has 0 spiro atoms. The number of carbonyl (C=O) groups excluding carboxylic acids is 1. The Balaban J connectivity index is 2.56. The fourth-order valence-corrected chi connectivity index (χ4v) is 2.64. The van der Waals surface area contributed by atoms with Gasteiger partial charge in [0.2, 0.25) is 0 Å². The van der Waals surface area contributed by atoms with Crippen LogP contribution in [0.5, 0.6) is 5.75 Å². The Bertz CT molecular complexity index is 615. The molecule has 0 fully saturated rings. The van der Waals surface area contributed by atoms with Gasteiger partial charge >= 0.3 is 0 Å². The second-order valence-electron chi connectivity index (χ2n) is 4.93. The number of methoxy groups -OCH3 is 1. The predicted octanol–water partition coefficient (Wildman–Crippen LogP) is 1.80. The van der Waals surface area contributed by atoms with Gasteiger partial charge < -0.3 is 20.9 Å². The topological polar surface area (TPSA) is 87.6 Å². The summed E-state index contributed by atoms with van der Waals surface area (Å²) in [4.78, 5) is 12.0. The summed E-state index contributed by atoms with van der Waals surface area (Å²) in [6.45, 7) is 3.49. The summed E-state index contributed by atoms with van der Waals surface area (Å²) in [5, 5.41) is 0. The number of rotatable bonds is 4. The van der Waals surface area contributed by atoms with Gasteiger partial charge in [-0.15, -0.1) is 0 Å². The summed E-state index contributed by atoms with van der Waals surface area (Å²) in [7, 11) is 1.61. The quantitative estimate of drug-likeness (QED) is 0.882. The van der Waals surface area contributed by atoms with Crippen molar-refractivity contribution in [2.75, 3.05) is 13.7 Å². The Hall–Kier alpha value is -2.27. The number of ketones is 1. The molecular weight excluding hydrogens is 268 g/mol. The molecule has 0 aromatic heterocycles. The van der Waals surface area contributed by atoms with Crippen LogP contribution in [0.15, 0.2) is 47.1 Å². The minimum absolute atomic E-state index is 0.0493. The fourth-order valence-electron chi connectivity index (χ4n) is 2.64. The van der Waals surface area contributed by atoms with Crippen LogP contribution in [0.1, 0.15) is 25.3 Å². The maximum atomic E-state index is 12.0. The van der Waals surface area contributed by atoms with Gasteiger partial charge in [0.15, 0.2) is 11.7 Å². The number of hydrogen-bond acceptors (Lipinski definition) is 5. The SMILES string of the molecule is COc1ccc(C2C(CN)=C(N)OC(C)=C2C(C)=O)cc1. The molecule has 1 aliphatic rings. The van der Waals surface area contributed by atoms with E-state index in [4.69, 9.17) is 20.9 Å². The van der Waals surface area contributed by atoms with E-state index in [1.807, 2.05) is 24.3 Å². The monoisotopic (exact) mass is 288 g/mol. The Morgan fingerprint density at radius 1 is 1.33 bits per heavy atom. The first-order valence-electron chi connectivity index (χ1n) is 6.71. The number of nitrogens with two attached hydrogens (primary N) is 2. The maximum Gasteiger partial charge on any atom is 0.191 e. The fraction of sp³-hybridized carbons (Fsp3) is 0.312. The van der Waals surface area contributed by atoms with Gasteiger partial charge in [-0.25, -0.2) is 0 Å². The first-order chi connectivity index (χ1) is 9.99. The second-order valence-corrected chi connectivity index (χ2v) is 4.93. The molecule has 2 rings (SSSR count). The molecule has 5 heteroatoms. The van der Waals surface area contributed by atoms with Crippen molar-refractivity contribution in [3.05, 3.63) is 52.6 Å². The van der Waals surface area contributed by atoms with Gasteiger partial charge in [-0.05, 0) is 31.5 Å². The van der Waals surface area contributed by atoms with Crippen LogP contribution in [0.3, 0.4) is 0 Å². The van der Waals surface area contributed by atoms with Crippen LogP contribution in [0, 0.1) is 0 Å². The normalized spacial score (nSPS) is 18.6. The van der Waals surface area contributed by atoms with Gasteiger partial charge in [-0.1, -0.05) is 12.1 Å². The van der Waals surface area contributed by atoms with E-state index in [0.717, 1.165) is 16.9 Å². The standard InChI is InChI=1S/C16H20N2O3/c1-9(19)14-10(2)21-16(18)13(8-17)15(14)11-4-6-12(20-3)7-5-11/h4-7,15H,8,17-18H2,1-3H3. The molecule has 5 nitrogen and oxygen atoms in total. The Morgan fingerprint density at radius 2 is 1.95 bits per heavy atom. The van der Waals surface area contributed by atoms with Crippen molar-refractivity contribution in [1.82, 2.24) is 0 Å². The third-order valence-electron chi connectivity index (χ3n) is 3.64. The molecule has 0 aliphatic carbocycles. The van der Waals surface area contributed by atoms with Gasteiger partial charge in [0.05, 0.1) is 7.11 Å². The van der Waals surface area contributed by atoms with Crippen LogP contribution >= 0.6 is 0 Å². The van der Waals surface area contributed by atoms with Gasteiger partial charge in [0.25, 0.3) is 0 Å². The molecule has 21 heavy (non-hydrogen) atoms. The van der Waals surface area contributed by atoms with E-state index < -0.39 is 0 Å². The van der Waals surface area contributed by atoms with Gasteiger partial charge in [-0.2, -0.15) is 0 Å². The van der Waals surface area contributed by atoms with Crippen LogP contribution in [0.4, 0.5) is 0 Å². The van der Waals surface area contributed by atoms with E-state index in [1.54, 1.807) is 14.0 Å². The first kappa shape index (κ1) is 15.1. The zero-order valence-corrected chi connectivity index (χ0v) is 12.5. The van der Waals surface area contributed by atoms with E-state index in [1.165, 1.54) is 6.92 Å². The summed E-state index contributed by atoms with van der Waals surface area (Å²) in [6.07, 6.45) is 0. The highest BCUT2D eigenvalue weighted by Gasteiger charge is 2.32. The van der Waals surface area contributed by atoms with E-state index in [9.17, 15) is 4.79 Å².